The Morgan fingerprint density at radius 1 is 1.17 bits per heavy atom. The van der Waals surface area contributed by atoms with E-state index in [0.29, 0.717) is 19.5 Å². The van der Waals surface area contributed by atoms with Crippen LogP contribution in [0.15, 0.2) is 0 Å². The third kappa shape index (κ3) is 3.98. The van der Waals surface area contributed by atoms with E-state index in [1.165, 1.54) is 0 Å². The van der Waals surface area contributed by atoms with Gasteiger partial charge in [-0.2, -0.15) is 0 Å². The highest BCUT2D eigenvalue weighted by Crippen LogP contribution is 2.17. The molecule has 0 aromatic rings. The molecule has 2 saturated heterocycles. The third-order valence-corrected chi connectivity index (χ3v) is 3.51. The van der Waals surface area contributed by atoms with E-state index in [0.717, 1.165) is 38.7 Å². The van der Waals surface area contributed by atoms with Gasteiger partial charge in [-0.05, 0) is 38.5 Å². The quantitative estimate of drug-likeness (QED) is 0.572. The molecule has 102 valence electrons. The number of amides is 1. The Hall–Kier alpha value is -1.10. The van der Waals surface area contributed by atoms with Crippen LogP contribution in [0.3, 0.4) is 0 Å². The Morgan fingerprint density at radius 2 is 1.94 bits per heavy atom. The van der Waals surface area contributed by atoms with Crippen LogP contribution in [0.25, 0.3) is 0 Å². The van der Waals surface area contributed by atoms with Crippen LogP contribution < -0.4 is 0 Å². The summed E-state index contributed by atoms with van der Waals surface area (Å²) in [5.41, 5.74) is 0. The van der Waals surface area contributed by atoms with Gasteiger partial charge < -0.3 is 14.4 Å². The zero-order valence-corrected chi connectivity index (χ0v) is 10.7. The number of carbonyl (C=O) groups excluding carboxylic acids is 2. The van der Waals surface area contributed by atoms with Crippen molar-refractivity contribution in [2.24, 2.45) is 0 Å². The van der Waals surface area contributed by atoms with Gasteiger partial charge in [0.1, 0.15) is 0 Å². The Bertz CT molecular complexity index is 293. The van der Waals surface area contributed by atoms with Crippen LogP contribution in [0.1, 0.15) is 44.9 Å². The molecule has 2 fully saturated rings. The van der Waals surface area contributed by atoms with Gasteiger partial charge in [0.15, 0.2) is 0 Å². The summed E-state index contributed by atoms with van der Waals surface area (Å²) in [5.74, 6) is -0.430. The maximum atomic E-state index is 11.7. The van der Waals surface area contributed by atoms with E-state index >= 15 is 0 Å². The number of likely N-dealkylation sites (tertiary alicyclic amines) is 1. The van der Waals surface area contributed by atoms with Crippen molar-refractivity contribution in [1.29, 1.82) is 0 Å². The predicted molar refractivity (Wildman–Crippen MR) is 65.1 cm³/mol. The molecule has 2 aliphatic rings. The summed E-state index contributed by atoms with van der Waals surface area (Å²) in [6, 6.07) is 0. The highest BCUT2D eigenvalue weighted by molar-refractivity contribution is 5.84. The molecule has 0 radical (unpaired) electrons. The number of carbonyl (C=O) groups is 2. The molecule has 0 spiro atoms. The number of rotatable bonds is 3. The van der Waals surface area contributed by atoms with Crippen molar-refractivity contribution in [3.63, 3.8) is 0 Å². The minimum Gasteiger partial charge on any atom is -0.378 e. The molecule has 2 rings (SSSR count). The molecule has 0 aromatic heterocycles. The first-order valence-corrected chi connectivity index (χ1v) is 6.87. The maximum Gasteiger partial charge on any atom is 0.417 e. The minimum absolute atomic E-state index is 0.169. The van der Waals surface area contributed by atoms with Gasteiger partial charge in [0.25, 0.3) is 0 Å². The Morgan fingerprint density at radius 3 is 2.61 bits per heavy atom. The third-order valence-electron chi connectivity index (χ3n) is 3.51. The molecule has 1 unspecified atom stereocenters. The summed E-state index contributed by atoms with van der Waals surface area (Å²) in [6.07, 6.45) is 5.83. The zero-order valence-electron chi connectivity index (χ0n) is 10.7. The second-order valence-electron chi connectivity index (χ2n) is 4.96. The van der Waals surface area contributed by atoms with Crippen molar-refractivity contribution in [3.8, 4) is 0 Å². The van der Waals surface area contributed by atoms with Crippen molar-refractivity contribution in [2.45, 2.75) is 51.0 Å². The van der Waals surface area contributed by atoms with Gasteiger partial charge in [-0.15, -0.1) is 0 Å². The first-order chi connectivity index (χ1) is 8.75. The van der Waals surface area contributed by atoms with Gasteiger partial charge in [-0.1, -0.05) is 0 Å². The molecular weight excluding hydrogens is 234 g/mol. The highest BCUT2D eigenvalue weighted by Gasteiger charge is 2.22. The second-order valence-corrected chi connectivity index (χ2v) is 4.96. The molecule has 0 aliphatic carbocycles. The van der Waals surface area contributed by atoms with Crippen LogP contribution >= 0.6 is 0 Å². The predicted octanol–water partition coefficient (Wildman–Crippen LogP) is 2.09. The topological polar surface area (TPSA) is 55.8 Å². The number of piperidine rings is 1. The lowest BCUT2D eigenvalue weighted by molar-refractivity contribution is -0.139. The highest BCUT2D eigenvalue weighted by atomic mass is 16.6. The molecule has 1 atom stereocenters. The molecule has 5 nitrogen and oxygen atoms in total. The van der Waals surface area contributed by atoms with Crippen molar-refractivity contribution in [1.82, 2.24) is 4.90 Å². The number of nitrogens with zero attached hydrogens (tertiary/aromatic N) is 1. The van der Waals surface area contributed by atoms with E-state index in [4.69, 9.17) is 9.47 Å². The number of ether oxygens (including phenoxy) is 2. The molecule has 5 heteroatoms. The molecule has 0 bridgehead atoms. The minimum atomic E-state index is -0.480. The summed E-state index contributed by atoms with van der Waals surface area (Å²) in [5, 5.41) is 0. The van der Waals surface area contributed by atoms with Gasteiger partial charge in [0.05, 0.1) is 6.10 Å². The smallest absolute Gasteiger partial charge is 0.378 e. The van der Waals surface area contributed by atoms with E-state index in [-0.39, 0.29) is 12.5 Å². The molecule has 0 saturated carbocycles. The van der Waals surface area contributed by atoms with Gasteiger partial charge in [-0.3, -0.25) is 4.79 Å². The van der Waals surface area contributed by atoms with Crippen LogP contribution in [0, 0.1) is 0 Å². The van der Waals surface area contributed by atoms with E-state index in [9.17, 15) is 9.59 Å². The van der Waals surface area contributed by atoms with Gasteiger partial charge in [0.2, 0.25) is 0 Å². The van der Waals surface area contributed by atoms with Gasteiger partial charge >= 0.3 is 12.1 Å². The Balaban J connectivity index is 1.64. The summed E-state index contributed by atoms with van der Waals surface area (Å²) >= 11 is 0. The lowest BCUT2D eigenvalue weighted by Gasteiger charge is -2.25. The Kier molecular flexibility index (Phi) is 4.99. The van der Waals surface area contributed by atoms with E-state index in [1.807, 2.05) is 0 Å². The van der Waals surface area contributed by atoms with Crippen LogP contribution in [-0.2, 0) is 14.3 Å². The fourth-order valence-corrected chi connectivity index (χ4v) is 2.44. The fraction of sp³-hybridized carbons (Fsp3) is 0.846. The van der Waals surface area contributed by atoms with Crippen molar-refractivity contribution in [2.75, 3.05) is 19.7 Å². The van der Waals surface area contributed by atoms with Crippen molar-refractivity contribution >= 4 is 12.1 Å². The summed E-state index contributed by atoms with van der Waals surface area (Å²) < 4.78 is 10.3. The zero-order chi connectivity index (χ0) is 12.8. The summed E-state index contributed by atoms with van der Waals surface area (Å²) in [7, 11) is 0. The number of hydrogen-bond acceptors (Lipinski definition) is 4. The van der Waals surface area contributed by atoms with E-state index in [2.05, 4.69) is 0 Å². The first kappa shape index (κ1) is 13.3. The van der Waals surface area contributed by atoms with E-state index in [1.54, 1.807) is 4.90 Å². The van der Waals surface area contributed by atoms with Crippen molar-refractivity contribution < 1.29 is 19.1 Å². The monoisotopic (exact) mass is 255 g/mol. The fourth-order valence-electron chi connectivity index (χ4n) is 2.44. The second kappa shape index (κ2) is 6.73. The molecule has 0 aromatic carbocycles. The first-order valence-electron chi connectivity index (χ1n) is 6.87. The number of hydrogen-bond donors (Lipinski definition) is 0. The molecule has 18 heavy (non-hydrogen) atoms. The normalized spacial score (nSPS) is 24.0. The van der Waals surface area contributed by atoms with E-state index < -0.39 is 12.1 Å². The molecule has 2 aliphatic heterocycles. The SMILES string of the molecule is O=C(CCC1CCCO1)OC(=O)N1CCCCC1. The molecule has 1 amide bonds. The van der Waals surface area contributed by atoms with Gasteiger partial charge in [0, 0.05) is 26.1 Å². The summed E-state index contributed by atoms with van der Waals surface area (Å²) in [4.78, 5) is 24.8. The molecule has 2 heterocycles. The lowest BCUT2D eigenvalue weighted by atomic mass is 10.1. The molecular formula is C13H21NO4. The van der Waals surface area contributed by atoms with Crippen molar-refractivity contribution in [3.05, 3.63) is 0 Å². The Labute approximate surface area is 107 Å². The largest absolute Gasteiger partial charge is 0.417 e. The number of esters is 1. The van der Waals surface area contributed by atoms with Crippen LogP contribution in [0.5, 0.6) is 0 Å². The van der Waals surface area contributed by atoms with Crippen LogP contribution in [-0.4, -0.2) is 42.8 Å². The lowest BCUT2D eigenvalue weighted by Crippen LogP contribution is -2.37. The average Bonchev–Trinajstić information content (AvgIpc) is 2.90. The van der Waals surface area contributed by atoms with Gasteiger partial charge in [-0.25, -0.2) is 4.79 Å². The maximum absolute atomic E-state index is 11.7. The summed E-state index contributed by atoms with van der Waals surface area (Å²) in [6.45, 7) is 2.20. The average molecular weight is 255 g/mol. The van der Waals surface area contributed by atoms with Crippen LogP contribution in [0.4, 0.5) is 4.79 Å². The molecule has 0 N–H and O–H groups in total. The van der Waals surface area contributed by atoms with Crippen LogP contribution in [0.2, 0.25) is 0 Å². The standard InChI is InChI=1S/C13H21NO4/c15-12(7-6-11-5-4-10-17-11)18-13(16)14-8-2-1-3-9-14/h11H,1-10H2.